The quantitative estimate of drug-likeness (QED) is 0.237. The van der Waals surface area contributed by atoms with Crippen molar-refractivity contribution in [3.05, 3.63) is 42.0 Å². The number of carbonyl (C=O) groups excluding carboxylic acids is 1. The van der Waals surface area contributed by atoms with E-state index in [0.29, 0.717) is 17.7 Å². The third-order valence-corrected chi connectivity index (χ3v) is 4.94. The Labute approximate surface area is 172 Å². The molecule has 0 aliphatic rings. The van der Waals surface area contributed by atoms with Gasteiger partial charge in [0.2, 0.25) is 5.91 Å². The molecule has 1 amide bonds. The highest BCUT2D eigenvalue weighted by Gasteiger charge is 2.03. The summed E-state index contributed by atoms with van der Waals surface area (Å²) >= 11 is 0. The number of nitrogens with zero attached hydrogens (tertiary/aromatic N) is 1. The van der Waals surface area contributed by atoms with Crippen LogP contribution < -0.4 is 5.32 Å². The average molecular weight is 383 g/mol. The summed E-state index contributed by atoms with van der Waals surface area (Å²) in [7, 11) is 0. The Morgan fingerprint density at radius 1 is 0.929 bits per heavy atom. The summed E-state index contributed by atoms with van der Waals surface area (Å²) in [5.74, 6) is 0.0349. The number of amides is 1. The molecule has 0 heterocycles. The van der Waals surface area contributed by atoms with Gasteiger partial charge in [0, 0.05) is 12.1 Å². The molecule has 3 nitrogen and oxygen atoms in total. The third kappa shape index (κ3) is 13.1. The number of nitrogens with one attached hydrogen (secondary N) is 1. The van der Waals surface area contributed by atoms with E-state index >= 15 is 0 Å². The smallest absolute Gasteiger partial charge is 0.224 e. The molecule has 0 aromatic heterocycles. The molecule has 3 heteroatoms. The Morgan fingerprint density at radius 3 is 2.18 bits per heavy atom. The summed E-state index contributed by atoms with van der Waals surface area (Å²) in [6.45, 7) is 2.26. The van der Waals surface area contributed by atoms with Crippen molar-refractivity contribution in [2.45, 2.75) is 96.8 Å². The van der Waals surface area contributed by atoms with Gasteiger partial charge < -0.3 is 5.32 Å². The Balaban J connectivity index is 1.91. The monoisotopic (exact) mass is 382 g/mol. The van der Waals surface area contributed by atoms with Crippen LogP contribution in [0.2, 0.25) is 0 Å². The molecule has 1 rings (SSSR count). The van der Waals surface area contributed by atoms with Crippen LogP contribution in [0.5, 0.6) is 0 Å². The van der Waals surface area contributed by atoms with E-state index in [1.54, 1.807) is 18.2 Å². The first-order valence-electron chi connectivity index (χ1n) is 11.2. The van der Waals surface area contributed by atoms with Crippen LogP contribution in [0.25, 0.3) is 0 Å². The van der Waals surface area contributed by atoms with Crippen molar-refractivity contribution in [3.63, 3.8) is 0 Å². The Hall–Kier alpha value is -2.08. The second kappa shape index (κ2) is 17.0. The summed E-state index contributed by atoms with van der Waals surface area (Å²) in [6.07, 6.45) is 21.6. The van der Waals surface area contributed by atoms with Gasteiger partial charge in [-0.3, -0.25) is 4.79 Å². The fourth-order valence-corrected chi connectivity index (χ4v) is 3.25. The van der Waals surface area contributed by atoms with E-state index in [1.807, 2.05) is 6.07 Å². The Kier molecular flexibility index (Phi) is 14.6. The third-order valence-electron chi connectivity index (χ3n) is 4.94. The van der Waals surface area contributed by atoms with Crippen LogP contribution in [0.3, 0.4) is 0 Å². The minimum atomic E-state index is 0.0349. The van der Waals surface area contributed by atoms with Gasteiger partial charge in [-0.25, -0.2) is 0 Å². The van der Waals surface area contributed by atoms with Gasteiger partial charge in [-0.2, -0.15) is 5.26 Å². The highest BCUT2D eigenvalue weighted by atomic mass is 16.1. The van der Waals surface area contributed by atoms with Crippen LogP contribution >= 0.6 is 0 Å². The number of rotatable bonds is 16. The summed E-state index contributed by atoms with van der Waals surface area (Å²) < 4.78 is 0. The number of nitriles is 1. The summed E-state index contributed by atoms with van der Waals surface area (Å²) in [4.78, 5) is 11.9. The number of hydrogen-bond acceptors (Lipinski definition) is 2. The van der Waals surface area contributed by atoms with Crippen molar-refractivity contribution < 1.29 is 4.79 Å². The standard InChI is InChI=1S/C25H38N2O/c1-2-3-4-5-6-7-8-9-10-11-12-13-14-15-16-20-25(28)27-24-19-17-18-23(21-24)22-26/h9-10,17-19,21H,2-8,11-16,20H2,1H3,(H,27,28)/b10-9-. The molecule has 0 atom stereocenters. The molecular formula is C25H38N2O. The highest BCUT2D eigenvalue weighted by molar-refractivity contribution is 5.90. The van der Waals surface area contributed by atoms with Crippen LogP contribution in [0.1, 0.15) is 102 Å². The van der Waals surface area contributed by atoms with Gasteiger partial charge in [0.15, 0.2) is 0 Å². The normalized spacial score (nSPS) is 10.9. The molecule has 1 aromatic rings. The van der Waals surface area contributed by atoms with Crippen LogP contribution in [-0.4, -0.2) is 5.91 Å². The average Bonchev–Trinajstić information content (AvgIpc) is 2.71. The van der Waals surface area contributed by atoms with Crippen molar-refractivity contribution in [1.82, 2.24) is 0 Å². The lowest BCUT2D eigenvalue weighted by Crippen LogP contribution is -2.11. The number of benzene rings is 1. The van der Waals surface area contributed by atoms with E-state index in [2.05, 4.69) is 30.5 Å². The van der Waals surface area contributed by atoms with E-state index < -0.39 is 0 Å². The molecule has 1 N–H and O–H groups in total. The van der Waals surface area contributed by atoms with Gasteiger partial charge in [0.1, 0.15) is 0 Å². The van der Waals surface area contributed by atoms with Gasteiger partial charge in [-0.1, -0.05) is 76.5 Å². The lowest BCUT2D eigenvalue weighted by atomic mass is 10.1. The maximum Gasteiger partial charge on any atom is 0.224 e. The molecule has 0 bridgehead atoms. The maximum absolute atomic E-state index is 11.9. The first-order chi connectivity index (χ1) is 13.8. The largest absolute Gasteiger partial charge is 0.326 e. The van der Waals surface area contributed by atoms with Gasteiger partial charge in [0.05, 0.1) is 11.6 Å². The fourth-order valence-electron chi connectivity index (χ4n) is 3.25. The summed E-state index contributed by atoms with van der Waals surface area (Å²) in [6, 6.07) is 9.13. The van der Waals surface area contributed by atoms with Gasteiger partial charge in [-0.15, -0.1) is 0 Å². The van der Waals surface area contributed by atoms with Crippen LogP contribution in [-0.2, 0) is 4.79 Å². The molecule has 0 spiro atoms. The fraction of sp³-hybridized carbons (Fsp3) is 0.600. The maximum atomic E-state index is 11.9. The minimum absolute atomic E-state index is 0.0349. The molecule has 0 fully saturated rings. The second-order valence-corrected chi connectivity index (χ2v) is 7.58. The van der Waals surface area contributed by atoms with E-state index in [0.717, 1.165) is 12.8 Å². The molecule has 0 aliphatic carbocycles. The van der Waals surface area contributed by atoms with E-state index in [-0.39, 0.29) is 5.91 Å². The lowest BCUT2D eigenvalue weighted by molar-refractivity contribution is -0.116. The number of allylic oxidation sites excluding steroid dienone is 2. The van der Waals surface area contributed by atoms with Crippen molar-refractivity contribution >= 4 is 11.6 Å². The molecular weight excluding hydrogens is 344 g/mol. The summed E-state index contributed by atoms with van der Waals surface area (Å²) in [5.41, 5.74) is 1.27. The number of hydrogen-bond donors (Lipinski definition) is 1. The van der Waals surface area contributed by atoms with Crippen LogP contribution in [0.15, 0.2) is 36.4 Å². The van der Waals surface area contributed by atoms with Gasteiger partial charge in [-0.05, 0) is 50.3 Å². The van der Waals surface area contributed by atoms with E-state index in [4.69, 9.17) is 5.26 Å². The molecule has 0 radical (unpaired) electrons. The Bertz CT molecular complexity index is 601. The van der Waals surface area contributed by atoms with Crippen LogP contribution in [0.4, 0.5) is 5.69 Å². The van der Waals surface area contributed by atoms with E-state index in [9.17, 15) is 4.79 Å². The lowest BCUT2D eigenvalue weighted by Gasteiger charge is -2.05. The predicted octanol–water partition coefficient (Wildman–Crippen LogP) is 7.53. The molecule has 0 saturated heterocycles. The zero-order valence-electron chi connectivity index (χ0n) is 17.7. The van der Waals surface area contributed by atoms with Crippen molar-refractivity contribution in [1.29, 1.82) is 5.26 Å². The van der Waals surface area contributed by atoms with E-state index in [1.165, 1.54) is 70.6 Å². The molecule has 0 unspecified atom stereocenters. The molecule has 1 aromatic carbocycles. The highest BCUT2D eigenvalue weighted by Crippen LogP contribution is 2.12. The van der Waals surface area contributed by atoms with Gasteiger partial charge in [0.25, 0.3) is 0 Å². The minimum Gasteiger partial charge on any atom is -0.326 e. The first kappa shape index (κ1) is 24.0. The number of unbranched alkanes of at least 4 members (excludes halogenated alkanes) is 11. The zero-order chi connectivity index (χ0) is 20.3. The Morgan fingerprint density at radius 2 is 1.54 bits per heavy atom. The van der Waals surface area contributed by atoms with Gasteiger partial charge >= 0.3 is 0 Å². The predicted molar refractivity (Wildman–Crippen MR) is 119 cm³/mol. The zero-order valence-corrected chi connectivity index (χ0v) is 17.7. The van der Waals surface area contributed by atoms with Crippen molar-refractivity contribution in [2.75, 3.05) is 5.32 Å². The topological polar surface area (TPSA) is 52.9 Å². The second-order valence-electron chi connectivity index (χ2n) is 7.58. The molecule has 0 aliphatic heterocycles. The SMILES string of the molecule is CCCCCCCC/C=C\CCCCCCCC(=O)Nc1cccc(C#N)c1. The molecule has 28 heavy (non-hydrogen) atoms. The van der Waals surface area contributed by atoms with Crippen molar-refractivity contribution in [3.8, 4) is 6.07 Å². The summed E-state index contributed by atoms with van der Waals surface area (Å²) in [5, 5.41) is 11.7. The van der Waals surface area contributed by atoms with Crippen LogP contribution in [0, 0.1) is 11.3 Å². The number of anilines is 1. The molecule has 154 valence electrons. The number of carbonyl (C=O) groups is 1. The first-order valence-corrected chi connectivity index (χ1v) is 11.2. The molecule has 0 saturated carbocycles. The van der Waals surface area contributed by atoms with Crippen molar-refractivity contribution in [2.24, 2.45) is 0 Å².